The second kappa shape index (κ2) is 8.53. The van der Waals surface area contributed by atoms with E-state index in [0.29, 0.717) is 25.3 Å². The third-order valence-electron chi connectivity index (χ3n) is 6.62. The van der Waals surface area contributed by atoms with E-state index in [4.69, 9.17) is 0 Å². The highest BCUT2D eigenvalue weighted by molar-refractivity contribution is 6.08. The molecule has 0 atom stereocenters. The third kappa shape index (κ3) is 4.29. The molecule has 1 aliphatic carbocycles. The minimum absolute atomic E-state index is 0.278. The molecule has 2 saturated heterocycles. The summed E-state index contributed by atoms with van der Waals surface area (Å²) in [6.07, 6.45) is 6.68. The van der Waals surface area contributed by atoms with Crippen LogP contribution in [-0.2, 0) is 9.59 Å². The van der Waals surface area contributed by atoms with Gasteiger partial charge in [0.25, 0.3) is 5.91 Å². The molecule has 0 radical (unpaired) electrons. The van der Waals surface area contributed by atoms with Gasteiger partial charge >= 0.3 is 6.03 Å². The van der Waals surface area contributed by atoms with Gasteiger partial charge in [-0.15, -0.1) is 0 Å². The predicted molar refractivity (Wildman–Crippen MR) is 109 cm³/mol. The number of nitrogens with one attached hydrogen (secondary N) is 2. The molecule has 1 aromatic rings. The number of imide groups is 1. The van der Waals surface area contributed by atoms with E-state index in [0.717, 1.165) is 50.2 Å². The van der Waals surface area contributed by atoms with Crippen molar-refractivity contribution in [1.82, 2.24) is 20.7 Å². The highest BCUT2D eigenvalue weighted by Gasteiger charge is 2.52. The molecule has 29 heavy (non-hydrogen) atoms. The first-order valence-electron chi connectivity index (χ1n) is 10.8. The van der Waals surface area contributed by atoms with Crippen LogP contribution in [0.25, 0.3) is 0 Å². The number of amides is 4. The Morgan fingerprint density at radius 3 is 2.45 bits per heavy atom. The van der Waals surface area contributed by atoms with Gasteiger partial charge in [-0.1, -0.05) is 49.6 Å². The average molecular weight is 399 g/mol. The maximum atomic E-state index is 12.7. The lowest BCUT2D eigenvalue weighted by Gasteiger charge is -2.32. The maximum Gasteiger partial charge on any atom is 0.344 e. The Bertz CT molecular complexity index is 753. The van der Waals surface area contributed by atoms with Gasteiger partial charge in [-0.05, 0) is 50.3 Å². The molecule has 2 N–H and O–H groups in total. The highest BCUT2D eigenvalue weighted by atomic mass is 16.2. The normalized spacial score (nSPS) is 22.7. The van der Waals surface area contributed by atoms with Crippen LogP contribution in [0.3, 0.4) is 0 Å². The summed E-state index contributed by atoms with van der Waals surface area (Å²) in [4.78, 5) is 39.6. The number of carbonyl (C=O) groups excluding carboxylic acids is 3. The van der Waals surface area contributed by atoms with E-state index in [1.165, 1.54) is 5.56 Å². The van der Waals surface area contributed by atoms with Gasteiger partial charge in [0.1, 0.15) is 5.54 Å². The van der Waals surface area contributed by atoms with Crippen LogP contribution in [0.15, 0.2) is 30.3 Å². The Morgan fingerprint density at radius 2 is 1.76 bits per heavy atom. The second-order valence-electron chi connectivity index (χ2n) is 8.53. The summed E-state index contributed by atoms with van der Waals surface area (Å²) < 4.78 is 0. The summed E-state index contributed by atoms with van der Waals surface area (Å²) in [6.45, 7) is 2.56. The van der Waals surface area contributed by atoms with Crippen LogP contribution in [0, 0.1) is 0 Å². The summed E-state index contributed by atoms with van der Waals surface area (Å²) >= 11 is 0. The van der Waals surface area contributed by atoms with E-state index in [2.05, 4.69) is 39.9 Å². The zero-order valence-corrected chi connectivity index (χ0v) is 16.9. The molecular weight excluding hydrogens is 368 g/mol. The molecule has 0 unspecified atom stereocenters. The monoisotopic (exact) mass is 398 g/mol. The fourth-order valence-corrected chi connectivity index (χ4v) is 4.87. The standard InChI is InChI=1S/C22H30N4O3/c27-19(24-26-20(28)22(23-21(26)29)12-5-2-6-13-22)11-16-25-14-9-18(10-15-25)17-7-3-1-4-8-17/h1,3-4,7-8,18H,2,5-6,9-16H2,(H,23,29)(H,24,27). The first-order valence-corrected chi connectivity index (χ1v) is 10.8. The number of hydrogen-bond acceptors (Lipinski definition) is 4. The summed E-state index contributed by atoms with van der Waals surface area (Å²) in [5.41, 5.74) is 3.12. The van der Waals surface area contributed by atoms with Crippen LogP contribution in [0.4, 0.5) is 4.79 Å². The van der Waals surface area contributed by atoms with Crippen molar-refractivity contribution in [1.29, 1.82) is 0 Å². The van der Waals surface area contributed by atoms with Crippen LogP contribution in [0.2, 0.25) is 0 Å². The zero-order valence-electron chi connectivity index (χ0n) is 16.9. The van der Waals surface area contributed by atoms with Crippen LogP contribution in [-0.4, -0.2) is 52.9 Å². The molecule has 2 aliphatic heterocycles. The number of carbonyl (C=O) groups is 3. The van der Waals surface area contributed by atoms with E-state index in [1.54, 1.807) is 0 Å². The Hall–Kier alpha value is -2.41. The molecule has 156 valence electrons. The lowest BCUT2D eigenvalue weighted by molar-refractivity contribution is -0.140. The van der Waals surface area contributed by atoms with Crippen LogP contribution >= 0.6 is 0 Å². The van der Waals surface area contributed by atoms with Gasteiger partial charge in [0.05, 0.1) is 0 Å². The Labute approximate surface area is 171 Å². The summed E-state index contributed by atoms with van der Waals surface area (Å²) in [5.74, 6) is -0.00959. The first kappa shape index (κ1) is 19.9. The van der Waals surface area contributed by atoms with E-state index >= 15 is 0 Å². The number of rotatable bonds is 5. The summed E-state index contributed by atoms with van der Waals surface area (Å²) in [6, 6.07) is 10.1. The summed E-state index contributed by atoms with van der Waals surface area (Å²) in [5, 5.41) is 3.71. The van der Waals surface area contributed by atoms with Gasteiger partial charge in [-0.3, -0.25) is 15.0 Å². The topological polar surface area (TPSA) is 81.8 Å². The molecule has 4 amide bonds. The fourth-order valence-electron chi connectivity index (χ4n) is 4.87. The molecule has 1 saturated carbocycles. The van der Waals surface area contributed by atoms with Crippen molar-refractivity contribution >= 4 is 17.8 Å². The molecule has 0 bridgehead atoms. The molecule has 1 spiro atoms. The van der Waals surface area contributed by atoms with Crippen LogP contribution in [0.1, 0.15) is 62.8 Å². The van der Waals surface area contributed by atoms with Gasteiger partial charge < -0.3 is 10.2 Å². The quantitative estimate of drug-likeness (QED) is 0.747. The average Bonchev–Trinajstić information content (AvgIpc) is 2.97. The van der Waals surface area contributed by atoms with Gasteiger partial charge in [0.15, 0.2) is 0 Å². The number of hydrazine groups is 1. The Balaban J connectivity index is 1.23. The van der Waals surface area contributed by atoms with E-state index in [-0.39, 0.29) is 18.2 Å². The molecule has 0 aromatic heterocycles. The fraction of sp³-hybridized carbons (Fsp3) is 0.591. The van der Waals surface area contributed by atoms with Gasteiger partial charge in [0.2, 0.25) is 5.91 Å². The highest BCUT2D eigenvalue weighted by Crippen LogP contribution is 2.33. The van der Waals surface area contributed by atoms with Gasteiger partial charge in [-0.25, -0.2) is 4.79 Å². The van der Waals surface area contributed by atoms with E-state index in [1.807, 2.05) is 6.07 Å². The predicted octanol–water partition coefficient (Wildman–Crippen LogP) is 2.54. The maximum absolute atomic E-state index is 12.7. The third-order valence-corrected chi connectivity index (χ3v) is 6.62. The van der Waals surface area contributed by atoms with Crippen molar-refractivity contribution in [3.8, 4) is 0 Å². The molecular formula is C22H30N4O3. The number of likely N-dealkylation sites (tertiary alicyclic amines) is 1. The number of benzene rings is 1. The minimum atomic E-state index is -0.804. The largest absolute Gasteiger partial charge is 0.344 e. The Morgan fingerprint density at radius 1 is 1.07 bits per heavy atom. The van der Waals surface area contributed by atoms with Crippen LogP contribution < -0.4 is 10.7 Å². The van der Waals surface area contributed by atoms with Crippen LogP contribution in [0.5, 0.6) is 0 Å². The van der Waals surface area contributed by atoms with Crippen molar-refractivity contribution in [2.45, 2.75) is 62.8 Å². The lowest BCUT2D eigenvalue weighted by Crippen LogP contribution is -2.51. The number of piperidine rings is 1. The smallest absolute Gasteiger partial charge is 0.322 e. The Kier molecular flexibility index (Phi) is 5.85. The van der Waals surface area contributed by atoms with Crippen molar-refractivity contribution in [3.05, 3.63) is 35.9 Å². The molecule has 4 rings (SSSR count). The molecule has 3 fully saturated rings. The summed E-state index contributed by atoms with van der Waals surface area (Å²) in [7, 11) is 0. The molecule has 1 aromatic carbocycles. The lowest BCUT2D eigenvalue weighted by atomic mass is 9.82. The van der Waals surface area contributed by atoms with Gasteiger partial charge in [0, 0.05) is 13.0 Å². The SMILES string of the molecule is O=C(CCN1CCC(c2ccccc2)CC1)NN1C(=O)NC2(CCCCC2)C1=O. The van der Waals surface area contributed by atoms with Gasteiger partial charge in [-0.2, -0.15) is 5.01 Å². The van der Waals surface area contributed by atoms with E-state index in [9.17, 15) is 14.4 Å². The number of nitrogens with zero attached hydrogens (tertiary/aromatic N) is 2. The molecule has 3 aliphatic rings. The van der Waals surface area contributed by atoms with Crippen molar-refractivity contribution in [2.75, 3.05) is 19.6 Å². The van der Waals surface area contributed by atoms with Crippen molar-refractivity contribution in [3.63, 3.8) is 0 Å². The second-order valence-corrected chi connectivity index (χ2v) is 8.53. The number of hydrogen-bond donors (Lipinski definition) is 2. The van der Waals surface area contributed by atoms with E-state index < -0.39 is 11.6 Å². The molecule has 2 heterocycles. The van der Waals surface area contributed by atoms with Crippen molar-refractivity contribution in [2.24, 2.45) is 0 Å². The minimum Gasteiger partial charge on any atom is -0.322 e. The molecule has 7 heteroatoms. The van der Waals surface area contributed by atoms with Crippen molar-refractivity contribution < 1.29 is 14.4 Å². The molecule has 7 nitrogen and oxygen atoms in total. The zero-order chi connectivity index (χ0) is 20.3. The number of urea groups is 1. The first-order chi connectivity index (χ1) is 14.1.